The molecule has 3 N–H and O–H groups in total. The molecule has 0 saturated carbocycles. The summed E-state index contributed by atoms with van der Waals surface area (Å²) in [4.78, 5) is 12.7. The van der Waals surface area contributed by atoms with Crippen LogP contribution in [-0.4, -0.2) is 35.7 Å². The fourth-order valence-electron chi connectivity index (χ4n) is 2.56. The zero-order chi connectivity index (χ0) is 19.4. The van der Waals surface area contributed by atoms with E-state index in [4.69, 9.17) is 5.11 Å². The summed E-state index contributed by atoms with van der Waals surface area (Å²) >= 11 is 0. The zero-order valence-electron chi connectivity index (χ0n) is 14.4. The molecule has 2 aromatic carbocycles. The van der Waals surface area contributed by atoms with E-state index in [1.165, 1.54) is 23.0 Å². The summed E-state index contributed by atoms with van der Waals surface area (Å²) in [6.45, 7) is 3.43. The number of benzene rings is 2. The van der Waals surface area contributed by atoms with Crippen molar-refractivity contribution in [2.75, 3.05) is 17.7 Å². The third-order valence-corrected chi connectivity index (χ3v) is 5.69. The lowest BCUT2D eigenvalue weighted by Gasteiger charge is -2.04. The molecule has 8 heteroatoms. The van der Waals surface area contributed by atoms with Gasteiger partial charge in [-0.05, 0) is 36.4 Å². The summed E-state index contributed by atoms with van der Waals surface area (Å²) in [6.07, 6.45) is 1.53. The van der Waals surface area contributed by atoms with E-state index in [9.17, 15) is 13.2 Å². The van der Waals surface area contributed by atoms with Gasteiger partial charge in [-0.3, -0.25) is 9.89 Å². The fourth-order valence-corrected chi connectivity index (χ4v) is 3.58. The van der Waals surface area contributed by atoms with Crippen molar-refractivity contribution in [3.05, 3.63) is 75.5 Å². The van der Waals surface area contributed by atoms with Crippen molar-refractivity contribution in [2.24, 2.45) is 0 Å². The number of aliphatic hydroxyl groups is 1. The standard InChI is InChI=1S/C19H19N3O4S/c1-14-18(19(24)22(21-14)16-5-3-2-4-6-16)13-20-15-7-9-17(10-8-15)27(25,26)12-11-23/h2-10,13,20-21,23H,1,11-12H2/b18-13-. The molecule has 1 aromatic heterocycles. The Morgan fingerprint density at radius 1 is 1.11 bits per heavy atom. The van der Waals surface area contributed by atoms with Crippen LogP contribution in [0.3, 0.4) is 0 Å². The highest BCUT2D eigenvalue weighted by Gasteiger charge is 2.13. The highest BCUT2D eigenvalue weighted by Crippen LogP contribution is 2.15. The summed E-state index contributed by atoms with van der Waals surface area (Å²) < 4.78 is 25.2. The predicted molar refractivity (Wildman–Crippen MR) is 105 cm³/mol. The van der Waals surface area contributed by atoms with E-state index < -0.39 is 16.4 Å². The van der Waals surface area contributed by atoms with Gasteiger partial charge in [0.25, 0.3) is 5.56 Å². The Morgan fingerprint density at radius 2 is 1.78 bits per heavy atom. The molecule has 0 aliphatic heterocycles. The normalized spacial score (nSPS) is 12.3. The average Bonchev–Trinajstić information content (AvgIpc) is 2.95. The molecule has 140 valence electrons. The van der Waals surface area contributed by atoms with Crippen LogP contribution >= 0.6 is 0 Å². The molecule has 27 heavy (non-hydrogen) atoms. The number of hydrogen-bond donors (Lipinski definition) is 3. The van der Waals surface area contributed by atoms with Gasteiger partial charge >= 0.3 is 0 Å². The van der Waals surface area contributed by atoms with Crippen LogP contribution in [0.4, 0.5) is 5.69 Å². The number of H-pyrrole nitrogens is 1. The van der Waals surface area contributed by atoms with Crippen molar-refractivity contribution in [3.8, 4) is 5.69 Å². The quantitative estimate of drug-likeness (QED) is 0.562. The Kier molecular flexibility index (Phi) is 5.29. The molecule has 3 aromatic rings. The number of aromatic nitrogens is 2. The summed E-state index contributed by atoms with van der Waals surface area (Å²) in [5, 5.41) is 15.6. The van der Waals surface area contributed by atoms with E-state index in [0.29, 0.717) is 21.9 Å². The third kappa shape index (κ3) is 4.02. The van der Waals surface area contributed by atoms with Crippen LogP contribution in [0.25, 0.3) is 18.5 Å². The minimum atomic E-state index is -3.49. The van der Waals surface area contributed by atoms with Crippen LogP contribution in [0.15, 0.2) is 64.3 Å². The fraction of sp³-hybridized carbons (Fsp3) is 0.105. The molecule has 0 radical (unpaired) electrons. The Hall–Kier alpha value is -3.10. The van der Waals surface area contributed by atoms with Crippen molar-refractivity contribution in [1.82, 2.24) is 9.78 Å². The first kappa shape index (κ1) is 18.7. The second kappa shape index (κ2) is 7.65. The molecular weight excluding hydrogens is 366 g/mol. The second-order valence-electron chi connectivity index (χ2n) is 5.84. The average molecular weight is 385 g/mol. The molecule has 0 unspecified atom stereocenters. The third-order valence-electron chi connectivity index (χ3n) is 3.98. The van der Waals surface area contributed by atoms with Crippen LogP contribution in [0.1, 0.15) is 0 Å². The minimum Gasteiger partial charge on any atom is -0.395 e. The maximum atomic E-state index is 12.6. The van der Waals surface area contributed by atoms with Gasteiger partial charge in [-0.1, -0.05) is 24.8 Å². The van der Waals surface area contributed by atoms with E-state index in [2.05, 4.69) is 17.0 Å². The van der Waals surface area contributed by atoms with E-state index in [1.807, 2.05) is 18.2 Å². The summed E-state index contributed by atoms with van der Waals surface area (Å²) in [5.74, 6) is -0.320. The highest BCUT2D eigenvalue weighted by atomic mass is 32.2. The van der Waals surface area contributed by atoms with Crippen molar-refractivity contribution >= 4 is 28.3 Å². The molecule has 0 aliphatic rings. The van der Waals surface area contributed by atoms with Gasteiger partial charge in [-0.2, -0.15) is 0 Å². The summed E-state index contributed by atoms with van der Waals surface area (Å²) in [5.41, 5.74) is 1.07. The number of sulfone groups is 1. The lowest BCUT2D eigenvalue weighted by atomic mass is 10.3. The first-order chi connectivity index (χ1) is 12.9. The summed E-state index contributed by atoms with van der Waals surface area (Å²) in [7, 11) is -3.49. The number of para-hydroxylation sites is 1. The number of hydrogen-bond acceptors (Lipinski definition) is 5. The largest absolute Gasteiger partial charge is 0.395 e. The van der Waals surface area contributed by atoms with Crippen molar-refractivity contribution in [2.45, 2.75) is 4.90 Å². The van der Waals surface area contributed by atoms with E-state index in [1.54, 1.807) is 24.3 Å². The molecule has 0 saturated heterocycles. The van der Waals surface area contributed by atoms with E-state index in [-0.39, 0.29) is 16.2 Å². The Balaban J connectivity index is 1.88. The number of anilines is 1. The first-order valence-corrected chi connectivity index (χ1v) is 9.83. The lowest BCUT2D eigenvalue weighted by Crippen LogP contribution is -2.34. The number of aliphatic hydroxyl groups excluding tert-OH is 1. The monoisotopic (exact) mass is 385 g/mol. The molecule has 0 atom stereocenters. The second-order valence-corrected chi connectivity index (χ2v) is 7.94. The number of nitrogens with one attached hydrogen (secondary N) is 2. The highest BCUT2D eigenvalue weighted by molar-refractivity contribution is 7.91. The molecule has 0 spiro atoms. The van der Waals surface area contributed by atoms with Gasteiger partial charge in [0.15, 0.2) is 9.84 Å². The number of aromatic amines is 1. The molecule has 0 amide bonds. The predicted octanol–water partition coefficient (Wildman–Crippen LogP) is 0.192. The van der Waals surface area contributed by atoms with Gasteiger partial charge < -0.3 is 10.4 Å². The maximum absolute atomic E-state index is 12.6. The van der Waals surface area contributed by atoms with E-state index >= 15 is 0 Å². The number of rotatable bonds is 6. The van der Waals surface area contributed by atoms with Crippen LogP contribution in [-0.2, 0) is 9.84 Å². The molecule has 0 fully saturated rings. The molecule has 3 rings (SSSR count). The van der Waals surface area contributed by atoms with Crippen LogP contribution < -0.4 is 21.4 Å². The van der Waals surface area contributed by atoms with Gasteiger partial charge in [0.2, 0.25) is 0 Å². The van der Waals surface area contributed by atoms with Gasteiger partial charge in [0.05, 0.1) is 33.5 Å². The van der Waals surface area contributed by atoms with Gasteiger partial charge in [-0.15, -0.1) is 0 Å². The van der Waals surface area contributed by atoms with Crippen molar-refractivity contribution < 1.29 is 13.5 Å². The number of nitrogens with zero attached hydrogens (tertiary/aromatic N) is 1. The smallest absolute Gasteiger partial charge is 0.280 e. The lowest BCUT2D eigenvalue weighted by molar-refractivity contribution is 0.319. The Labute approximate surface area is 155 Å². The Bertz CT molecular complexity index is 1190. The van der Waals surface area contributed by atoms with Crippen LogP contribution in [0.5, 0.6) is 0 Å². The molecule has 0 bridgehead atoms. The summed E-state index contributed by atoms with van der Waals surface area (Å²) in [6, 6.07) is 15.2. The topological polar surface area (TPSA) is 104 Å². The van der Waals surface area contributed by atoms with Crippen LogP contribution in [0.2, 0.25) is 0 Å². The van der Waals surface area contributed by atoms with Crippen molar-refractivity contribution in [3.63, 3.8) is 0 Å². The maximum Gasteiger partial charge on any atom is 0.280 e. The van der Waals surface area contributed by atoms with Gasteiger partial charge in [-0.25, -0.2) is 13.1 Å². The van der Waals surface area contributed by atoms with E-state index in [0.717, 1.165) is 0 Å². The zero-order valence-corrected chi connectivity index (χ0v) is 15.2. The minimum absolute atomic E-state index is 0.132. The van der Waals surface area contributed by atoms with Crippen molar-refractivity contribution in [1.29, 1.82) is 0 Å². The molecule has 7 nitrogen and oxygen atoms in total. The first-order valence-electron chi connectivity index (χ1n) is 8.18. The Morgan fingerprint density at radius 3 is 2.41 bits per heavy atom. The van der Waals surface area contributed by atoms with Gasteiger partial charge in [0.1, 0.15) is 0 Å². The SMILES string of the molecule is C=c1[nH]n(-c2ccccc2)c(=O)/c1=C\Nc1ccc(S(=O)(=O)CCO)cc1. The molecule has 0 aliphatic carbocycles. The van der Waals surface area contributed by atoms with Crippen LogP contribution in [0, 0.1) is 0 Å². The van der Waals surface area contributed by atoms with Gasteiger partial charge in [0, 0.05) is 11.9 Å². The molecule has 1 heterocycles. The molecular formula is C19H19N3O4S.